The van der Waals surface area contributed by atoms with Gasteiger partial charge in [0.1, 0.15) is 0 Å². The number of halogens is 2. The van der Waals surface area contributed by atoms with Crippen LogP contribution in [0.2, 0.25) is 0 Å². The molecule has 0 amide bonds. The molecular formula is C10H10Cl2N2Zn. The maximum Gasteiger partial charge on any atom is 0.0267 e. The van der Waals surface area contributed by atoms with E-state index in [1.807, 2.05) is 36.4 Å². The third-order valence-electron chi connectivity index (χ3n) is 1.13. The standard InChI is InChI=1S/2C5H5N.2ClH.Zn/c2*1-2-4-6-5-3-1;;;/h2*1-5H;2*1H;/q;;;;+2/p-2. The molecule has 0 aromatic carbocycles. The monoisotopic (exact) mass is 292 g/mol. The summed E-state index contributed by atoms with van der Waals surface area (Å²) in [5.41, 5.74) is 0. The van der Waals surface area contributed by atoms with E-state index in [0.29, 0.717) is 0 Å². The van der Waals surface area contributed by atoms with Crippen LogP contribution in [0.15, 0.2) is 61.2 Å². The molecule has 2 rings (SSSR count). The second kappa shape index (κ2) is 13.5. The molecule has 15 heavy (non-hydrogen) atoms. The van der Waals surface area contributed by atoms with Crippen molar-refractivity contribution in [3.05, 3.63) is 61.2 Å². The van der Waals surface area contributed by atoms with Crippen molar-refractivity contribution >= 4 is 19.4 Å². The van der Waals surface area contributed by atoms with Crippen molar-refractivity contribution in [3.63, 3.8) is 0 Å². The van der Waals surface area contributed by atoms with Crippen LogP contribution < -0.4 is 0 Å². The first-order chi connectivity index (χ1) is 7.41. The maximum absolute atomic E-state index is 4.95. The molecule has 0 atom stereocenters. The summed E-state index contributed by atoms with van der Waals surface area (Å²) >= 11 is -0.931. The van der Waals surface area contributed by atoms with Crippen molar-refractivity contribution in [3.8, 4) is 0 Å². The van der Waals surface area contributed by atoms with Crippen LogP contribution in [-0.2, 0) is 15.1 Å². The van der Waals surface area contributed by atoms with Crippen LogP contribution in [-0.4, -0.2) is 9.97 Å². The van der Waals surface area contributed by atoms with Gasteiger partial charge in [0.05, 0.1) is 0 Å². The number of hydrogen-bond acceptors (Lipinski definition) is 2. The summed E-state index contributed by atoms with van der Waals surface area (Å²) in [4.78, 5) is 7.57. The fraction of sp³-hybridized carbons (Fsp3) is 0. The van der Waals surface area contributed by atoms with Gasteiger partial charge in [-0.1, -0.05) is 12.1 Å². The topological polar surface area (TPSA) is 25.8 Å². The van der Waals surface area contributed by atoms with E-state index in [1.165, 1.54) is 0 Å². The zero-order valence-electron chi connectivity index (χ0n) is 8.13. The van der Waals surface area contributed by atoms with E-state index >= 15 is 0 Å². The van der Waals surface area contributed by atoms with Gasteiger partial charge >= 0.3 is 34.5 Å². The molecule has 2 aromatic rings. The molecule has 5 heteroatoms. The predicted octanol–water partition coefficient (Wildman–Crippen LogP) is 3.54. The number of nitrogens with zero attached hydrogens (tertiary/aromatic N) is 2. The van der Waals surface area contributed by atoms with Crippen molar-refractivity contribution in [2.45, 2.75) is 0 Å². The first-order valence-electron chi connectivity index (χ1n) is 4.23. The van der Waals surface area contributed by atoms with Gasteiger partial charge in [-0.25, -0.2) is 0 Å². The summed E-state index contributed by atoms with van der Waals surface area (Å²) < 4.78 is 0. The molecule has 0 aliphatic rings. The van der Waals surface area contributed by atoms with Gasteiger partial charge in [-0.15, -0.1) is 0 Å². The van der Waals surface area contributed by atoms with Crippen LogP contribution in [0, 0.1) is 0 Å². The third-order valence-corrected chi connectivity index (χ3v) is 1.13. The molecule has 0 spiro atoms. The van der Waals surface area contributed by atoms with E-state index in [9.17, 15) is 0 Å². The van der Waals surface area contributed by atoms with Gasteiger partial charge in [-0.3, -0.25) is 9.97 Å². The Labute approximate surface area is 105 Å². The number of hydrogen-bond donors (Lipinski definition) is 0. The fourth-order valence-electron chi connectivity index (χ4n) is 0.625. The quantitative estimate of drug-likeness (QED) is 0.695. The molecule has 0 N–H and O–H groups in total. The Balaban J connectivity index is 0.000000210. The van der Waals surface area contributed by atoms with Crippen LogP contribution in [0.1, 0.15) is 0 Å². The molecule has 0 unspecified atom stereocenters. The van der Waals surface area contributed by atoms with Gasteiger partial charge in [-0.05, 0) is 24.3 Å². The van der Waals surface area contributed by atoms with E-state index in [0.717, 1.165) is 0 Å². The first kappa shape index (κ1) is 14.5. The smallest absolute Gasteiger partial charge is 0.0267 e. The Morgan fingerprint density at radius 3 is 0.933 bits per heavy atom. The van der Waals surface area contributed by atoms with Crippen LogP contribution in [0.3, 0.4) is 0 Å². The molecule has 2 aromatic heterocycles. The van der Waals surface area contributed by atoms with Crippen LogP contribution >= 0.6 is 19.4 Å². The Hall–Kier alpha value is -0.497. The van der Waals surface area contributed by atoms with Crippen molar-refractivity contribution in [2.24, 2.45) is 0 Å². The third kappa shape index (κ3) is 13.5. The van der Waals surface area contributed by atoms with Crippen molar-refractivity contribution < 1.29 is 15.1 Å². The summed E-state index contributed by atoms with van der Waals surface area (Å²) in [6.45, 7) is 0. The van der Waals surface area contributed by atoms with Crippen LogP contribution in [0.4, 0.5) is 0 Å². The van der Waals surface area contributed by atoms with E-state index in [4.69, 9.17) is 19.4 Å². The molecular weight excluding hydrogens is 284 g/mol. The summed E-state index contributed by atoms with van der Waals surface area (Å²) in [5, 5.41) is 0. The van der Waals surface area contributed by atoms with Crippen molar-refractivity contribution in [2.75, 3.05) is 0 Å². The van der Waals surface area contributed by atoms with Crippen LogP contribution in [0.5, 0.6) is 0 Å². The molecule has 0 radical (unpaired) electrons. The van der Waals surface area contributed by atoms with E-state index in [-0.39, 0.29) is 0 Å². The number of pyridine rings is 2. The average Bonchev–Trinajstić information content (AvgIpc) is 2.35. The normalized spacial score (nSPS) is 7.07. The van der Waals surface area contributed by atoms with Gasteiger partial charge in [0.2, 0.25) is 0 Å². The van der Waals surface area contributed by atoms with Gasteiger partial charge < -0.3 is 0 Å². The Bertz CT molecular complexity index is 210. The van der Waals surface area contributed by atoms with Gasteiger partial charge in [-0.2, -0.15) is 0 Å². The Morgan fingerprint density at radius 2 is 0.867 bits per heavy atom. The van der Waals surface area contributed by atoms with Crippen molar-refractivity contribution in [1.29, 1.82) is 0 Å². The van der Waals surface area contributed by atoms with Gasteiger partial charge in [0.15, 0.2) is 0 Å². The Kier molecular flexibility index (Phi) is 13.1. The minimum Gasteiger partial charge on any atom is -0.265 e. The summed E-state index contributed by atoms with van der Waals surface area (Å²) in [6.07, 6.45) is 7.00. The molecule has 0 saturated heterocycles. The van der Waals surface area contributed by atoms with E-state index in [2.05, 4.69) is 9.97 Å². The summed E-state index contributed by atoms with van der Waals surface area (Å²) in [5.74, 6) is 0. The SMILES string of the molecule is [Cl][Zn][Cl].c1ccncc1.c1ccncc1. The second-order valence-electron chi connectivity index (χ2n) is 2.15. The number of aromatic nitrogens is 2. The molecule has 0 bridgehead atoms. The number of rotatable bonds is 0. The minimum absolute atomic E-state index is 0.931. The largest absolute Gasteiger partial charge is 0.265 e. The zero-order valence-corrected chi connectivity index (χ0v) is 12.6. The average molecular weight is 295 g/mol. The van der Waals surface area contributed by atoms with E-state index < -0.39 is 15.1 Å². The molecule has 76 valence electrons. The summed E-state index contributed by atoms with van der Waals surface area (Å²) in [7, 11) is 9.90. The minimum atomic E-state index is -0.931. The molecule has 0 saturated carbocycles. The van der Waals surface area contributed by atoms with E-state index in [1.54, 1.807) is 24.8 Å². The molecule has 2 heterocycles. The van der Waals surface area contributed by atoms with Crippen LogP contribution in [0.25, 0.3) is 0 Å². The Morgan fingerprint density at radius 1 is 0.600 bits per heavy atom. The molecule has 0 aliphatic heterocycles. The summed E-state index contributed by atoms with van der Waals surface area (Å²) in [6, 6.07) is 11.4. The molecule has 0 aliphatic carbocycles. The fourth-order valence-corrected chi connectivity index (χ4v) is 0.625. The van der Waals surface area contributed by atoms with Gasteiger partial charge in [0, 0.05) is 24.8 Å². The molecule has 2 nitrogen and oxygen atoms in total. The maximum atomic E-state index is 4.95. The first-order valence-corrected chi connectivity index (χ1v) is 12.0. The van der Waals surface area contributed by atoms with Crippen molar-refractivity contribution in [1.82, 2.24) is 9.97 Å². The predicted molar refractivity (Wildman–Crippen MR) is 60.2 cm³/mol. The second-order valence-corrected chi connectivity index (χ2v) is 6.77. The van der Waals surface area contributed by atoms with Gasteiger partial charge in [0.25, 0.3) is 0 Å². The zero-order chi connectivity index (χ0) is 11.2. The molecule has 0 fully saturated rings.